The van der Waals surface area contributed by atoms with Gasteiger partial charge in [0.1, 0.15) is 5.54 Å². The number of rotatable bonds is 7. The van der Waals surface area contributed by atoms with Gasteiger partial charge in [-0.2, -0.15) is 5.26 Å². The highest BCUT2D eigenvalue weighted by Crippen LogP contribution is 2.23. The third-order valence-electron chi connectivity index (χ3n) is 4.42. The number of nitriles is 1. The molecule has 0 saturated heterocycles. The topological polar surface area (TPSA) is 53.0 Å². The van der Waals surface area contributed by atoms with E-state index in [4.69, 9.17) is 11.0 Å². The molecule has 0 amide bonds. The van der Waals surface area contributed by atoms with Gasteiger partial charge in [0.05, 0.1) is 6.07 Å². The first-order valence-corrected chi connectivity index (χ1v) is 7.59. The van der Waals surface area contributed by atoms with E-state index in [0.717, 1.165) is 38.4 Å². The average molecular weight is 251 g/mol. The largest absolute Gasteiger partial charge is 0.313 e. The van der Waals surface area contributed by atoms with E-state index in [0.29, 0.717) is 0 Å². The fourth-order valence-corrected chi connectivity index (χ4v) is 2.95. The van der Waals surface area contributed by atoms with Gasteiger partial charge in [-0.15, -0.1) is 0 Å². The second kappa shape index (κ2) is 7.76. The van der Waals surface area contributed by atoms with Crippen LogP contribution in [0.2, 0.25) is 0 Å². The summed E-state index contributed by atoms with van der Waals surface area (Å²) in [6, 6.07) is 3.04. The van der Waals surface area contributed by atoms with Gasteiger partial charge in [-0.25, -0.2) is 0 Å². The molecule has 0 spiro atoms. The lowest BCUT2D eigenvalue weighted by atomic mass is 9.92. The minimum Gasteiger partial charge on any atom is -0.313 e. The molecule has 1 fully saturated rings. The Balaban J connectivity index is 2.33. The summed E-state index contributed by atoms with van der Waals surface area (Å²) in [5, 5.41) is 9.07. The number of hydrogen-bond donors (Lipinski definition) is 1. The van der Waals surface area contributed by atoms with Gasteiger partial charge in [-0.3, -0.25) is 0 Å². The van der Waals surface area contributed by atoms with Crippen LogP contribution in [-0.4, -0.2) is 29.6 Å². The molecule has 0 aromatic heterocycles. The van der Waals surface area contributed by atoms with Gasteiger partial charge in [0.25, 0.3) is 0 Å². The summed E-state index contributed by atoms with van der Waals surface area (Å²) >= 11 is 0. The molecule has 3 heteroatoms. The monoisotopic (exact) mass is 251 g/mol. The maximum Gasteiger partial charge on any atom is 0.104 e. The highest BCUT2D eigenvalue weighted by molar-refractivity contribution is 5.03. The number of hydrogen-bond acceptors (Lipinski definition) is 3. The van der Waals surface area contributed by atoms with E-state index < -0.39 is 5.54 Å². The average Bonchev–Trinajstić information content (AvgIpc) is 2.44. The first kappa shape index (κ1) is 15.5. The Morgan fingerprint density at radius 2 is 1.94 bits per heavy atom. The van der Waals surface area contributed by atoms with Crippen molar-refractivity contribution in [2.45, 2.75) is 76.8 Å². The summed E-state index contributed by atoms with van der Waals surface area (Å²) in [6.07, 6.45) is 9.50. The summed E-state index contributed by atoms with van der Waals surface area (Å²) in [4.78, 5) is 2.59. The van der Waals surface area contributed by atoms with Crippen LogP contribution in [0.4, 0.5) is 0 Å². The van der Waals surface area contributed by atoms with Crippen molar-refractivity contribution in [1.29, 1.82) is 5.26 Å². The summed E-state index contributed by atoms with van der Waals surface area (Å²) < 4.78 is 0. The molecule has 104 valence electrons. The van der Waals surface area contributed by atoms with Crippen molar-refractivity contribution in [1.82, 2.24) is 4.90 Å². The van der Waals surface area contributed by atoms with Crippen molar-refractivity contribution < 1.29 is 0 Å². The van der Waals surface area contributed by atoms with Crippen molar-refractivity contribution in [3.05, 3.63) is 0 Å². The third kappa shape index (κ3) is 4.59. The van der Waals surface area contributed by atoms with E-state index in [1.54, 1.807) is 0 Å². The zero-order valence-electron chi connectivity index (χ0n) is 12.1. The van der Waals surface area contributed by atoms with Crippen molar-refractivity contribution in [2.75, 3.05) is 13.1 Å². The SMILES string of the molecule is CCN(CCCC(N)(C#N)CC)C1CCCCC1. The maximum atomic E-state index is 9.07. The lowest BCUT2D eigenvalue weighted by molar-refractivity contribution is 0.158. The van der Waals surface area contributed by atoms with Crippen LogP contribution in [0.1, 0.15) is 65.2 Å². The molecule has 0 aromatic carbocycles. The highest BCUT2D eigenvalue weighted by atomic mass is 15.1. The molecule has 18 heavy (non-hydrogen) atoms. The molecule has 1 aliphatic rings. The number of nitrogens with zero attached hydrogens (tertiary/aromatic N) is 2. The van der Waals surface area contributed by atoms with Crippen molar-refractivity contribution in [3.8, 4) is 6.07 Å². The van der Waals surface area contributed by atoms with Crippen LogP contribution in [0.15, 0.2) is 0 Å². The summed E-state index contributed by atoms with van der Waals surface area (Å²) in [7, 11) is 0. The Kier molecular flexibility index (Phi) is 6.67. The van der Waals surface area contributed by atoms with E-state index in [1.165, 1.54) is 32.1 Å². The van der Waals surface area contributed by atoms with Crippen molar-refractivity contribution in [3.63, 3.8) is 0 Å². The molecule has 0 aromatic rings. The molecule has 0 radical (unpaired) electrons. The maximum absolute atomic E-state index is 9.07. The number of nitrogens with two attached hydrogens (primary N) is 1. The Labute approximate surface area is 112 Å². The molecule has 0 heterocycles. The Morgan fingerprint density at radius 3 is 2.44 bits per heavy atom. The van der Waals surface area contributed by atoms with E-state index in [9.17, 15) is 0 Å². The van der Waals surface area contributed by atoms with Crippen LogP contribution >= 0.6 is 0 Å². The Bertz CT molecular complexity index is 265. The standard InChI is InChI=1S/C15H29N3/c1-3-15(17,13-16)11-8-12-18(4-2)14-9-6-5-7-10-14/h14H,3-12,17H2,1-2H3. The van der Waals surface area contributed by atoms with Crippen molar-refractivity contribution in [2.24, 2.45) is 5.73 Å². The molecule has 0 bridgehead atoms. The van der Waals surface area contributed by atoms with Crippen LogP contribution in [0, 0.1) is 11.3 Å². The van der Waals surface area contributed by atoms with Gasteiger partial charge < -0.3 is 10.6 Å². The molecule has 0 aliphatic heterocycles. The predicted octanol–water partition coefficient (Wildman–Crippen LogP) is 3.05. The smallest absolute Gasteiger partial charge is 0.104 e. The molecule has 1 rings (SSSR count). The third-order valence-corrected chi connectivity index (χ3v) is 4.42. The highest BCUT2D eigenvalue weighted by Gasteiger charge is 2.23. The van der Waals surface area contributed by atoms with Crippen molar-refractivity contribution >= 4 is 0 Å². The molecule has 1 saturated carbocycles. The summed E-state index contributed by atoms with van der Waals surface area (Å²) in [5.41, 5.74) is 5.42. The Morgan fingerprint density at radius 1 is 1.28 bits per heavy atom. The van der Waals surface area contributed by atoms with E-state index in [-0.39, 0.29) is 0 Å². The second-order valence-corrected chi connectivity index (χ2v) is 5.65. The van der Waals surface area contributed by atoms with Gasteiger partial charge >= 0.3 is 0 Å². The molecule has 3 nitrogen and oxygen atoms in total. The fourth-order valence-electron chi connectivity index (χ4n) is 2.95. The van der Waals surface area contributed by atoms with Crippen LogP contribution in [-0.2, 0) is 0 Å². The van der Waals surface area contributed by atoms with Gasteiger partial charge in [0.2, 0.25) is 0 Å². The molecular formula is C15H29N3. The molecule has 1 aliphatic carbocycles. The fraction of sp³-hybridized carbons (Fsp3) is 0.933. The zero-order chi connectivity index (χ0) is 13.4. The minimum atomic E-state index is -0.605. The van der Waals surface area contributed by atoms with E-state index in [2.05, 4.69) is 17.9 Å². The summed E-state index contributed by atoms with van der Waals surface area (Å²) in [5.74, 6) is 0. The van der Waals surface area contributed by atoms with Crippen LogP contribution < -0.4 is 5.73 Å². The quantitative estimate of drug-likeness (QED) is 0.756. The molecular weight excluding hydrogens is 222 g/mol. The van der Waals surface area contributed by atoms with Crippen LogP contribution in [0.25, 0.3) is 0 Å². The minimum absolute atomic E-state index is 0.605. The summed E-state index contributed by atoms with van der Waals surface area (Å²) in [6.45, 7) is 6.47. The molecule has 1 unspecified atom stereocenters. The van der Waals surface area contributed by atoms with Crippen LogP contribution in [0.5, 0.6) is 0 Å². The van der Waals surface area contributed by atoms with Gasteiger partial charge in [0, 0.05) is 6.04 Å². The Hall–Kier alpha value is -0.590. The molecule has 2 N–H and O–H groups in total. The predicted molar refractivity (Wildman–Crippen MR) is 76.2 cm³/mol. The first-order valence-electron chi connectivity index (χ1n) is 7.59. The molecule has 1 atom stereocenters. The van der Waals surface area contributed by atoms with E-state index >= 15 is 0 Å². The first-order chi connectivity index (χ1) is 8.65. The van der Waals surface area contributed by atoms with Gasteiger partial charge in [-0.05, 0) is 45.2 Å². The lowest BCUT2D eigenvalue weighted by Crippen LogP contribution is -2.40. The lowest BCUT2D eigenvalue weighted by Gasteiger charge is -2.34. The van der Waals surface area contributed by atoms with Gasteiger partial charge in [0.15, 0.2) is 0 Å². The van der Waals surface area contributed by atoms with Crippen LogP contribution in [0.3, 0.4) is 0 Å². The normalized spacial score (nSPS) is 20.6. The van der Waals surface area contributed by atoms with Gasteiger partial charge in [-0.1, -0.05) is 33.1 Å². The van der Waals surface area contributed by atoms with E-state index in [1.807, 2.05) is 6.92 Å². The zero-order valence-corrected chi connectivity index (χ0v) is 12.1. The second-order valence-electron chi connectivity index (χ2n) is 5.65.